The van der Waals surface area contributed by atoms with Crippen LogP contribution in [0.15, 0.2) is 12.2 Å². The first-order valence-corrected chi connectivity index (χ1v) is 13.0. The summed E-state index contributed by atoms with van der Waals surface area (Å²) in [7, 11) is 0. The van der Waals surface area contributed by atoms with Crippen LogP contribution < -0.4 is 10.6 Å². The number of hydrogen-bond donors (Lipinski definition) is 2. The lowest BCUT2D eigenvalue weighted by Crippen LogP contribution is -2.60. The number of hydrogen-bond acceptors (Lipinski definition) is 5. The highest BCUT2D eigenvalue weighted by Crippen LogP contribution is 2.55. The molecular weight excluding hydrogens is 503 g/mol. The van der Waals surface area contributed by atoms with E-state index in [1.165, 1.54) is 9.80 Å². The van der Waals surface area contributed by atoms with Crippen molar-refractivity contribution in [3.63, 3.8) is 0 Å². The van der Waals surface area contributed by atoms with Crippen LogP contribution in [0.25, 0.3) is 0 Å². The SMILES string of the molecule is CC(C)(C)C(NC(=O)C(F)(F)F)C(=O)N1CC2C3C=CC(C3)C2C1C(=O)N1CC2(CCNC2=O)CC1C#N. The Morgan fingerprint density at radius 1 is 1.18 bits per heavy atom. The lowest BCUT2D eigenvalue weighted by molar-refractivity contribution is -0.176. The van der Waals surface area contributed by atoms with Gasteiger partial charge in [-0.25, -0.2) is 0 Å². The summed E-state index contributed by atoms with van der Waals surface area (Å²) in [4.78, 5) is 55.4. The van der Waals surface area contributed by atoms with Gasteiger partial charge in [0.15, 0.2) is 0 Å². The number of carbonyl (C=O) groups excluding carboxylic acids is 4. The van der Waals surface area contributed by atoms with E-state index in [-0.39, 0.29) is 49.1 Å². The van der Waals surface area contributed by atoms with Gasteiger partial charge in [-0.2, -0.15) is 18.4 Å². The average Bonchev–Trinajstić information content (AvgIpc) is 3.63. The number of nitrogens with zero attached hydrogens (tertiary/aromatic N) is 3. The number of likely N-dealkylation sites (tertiary alicyclic amines) is 2. The maximum atomic E-state index is 14.2. The molecule has 9 nitrogen and oxygen atoms in total. The Bertz CT molecular complexity index is 1140. The molecule has 3 heterocycles. The second-order valence-corrected chi connectivity index (χ2v) is 12.5. The van der Waals surface area contributed by atoms with Crippen molar-refractivity contribution >= 4 is 23.6 Å². The third-order valence-electron chi connectivity index (χ3n) is 9.21. The summed E-state index contributed by atoms with van der Waals surface area (Å²) in [5.74, 6) is -3.73. The van der Waals surface area contributed by atoms with Crippen LogP contribution in [-0.4, -0.2) is 77.4 Å². The highest BCUT2D eigenvalue weighted by atomic mass is 19.4. The number of fused-ring (bicyclic) bond motifs is 5. The fourth-order valence-electron chi connectivity index (χ4n) is 7.35. The predicted octanol–water partition coefficient (Wildman–Crippen LogP) is 1.36. The van der Waals surface area contributed by atoms with Crippen LogP contribution in [0.4, 0.5) is 13.2 Å². The molecule has 3 aliphatic heterocycles. The van der Waals surface area contributed by atoms with Crippen molar-refractivity contribution in [3.05, 3.63) is 12.2 Å². The molecule has 0 aromatic rings. The van der Waals surface area contributed by atoms with Crippen molar-refractivity contribution in [1.29, 1.82) is 5.26 Å². The minimum absolute atomic E-state index is 0.0291. The van der Waals surface area contributed by atoms with Crippen molar-refractivity contribution in [2.24, 2.45) is 34.5 Å². The topological polar surface area (TPSA) is 123 Å². The molecule has 0 radical (unpaired) electrons. The van der Waals surface area contributed by atoms with Crippen molar-refractivity contribution in [1.82, 2.24) is 20.4 Å². The fourth-order valence-corrected chi connectivity index (χ4v) is 7.35. The Morgan fingerprint density at radius 3 is 2.45 bits per heavy atom. The van der Waals surface area contributed by atoms with Crippen molar-refractivity contribution in [2.45, 2.75) is 64.3 Å². The standard InChI is InChI=1S/C26H32F3N5O4/c1-24(2,3)19(32-23(38)26(27,28)29)21(36)33-11-16-13-4-5-14(8-13)17(16)18(33)20(35)34-12-25(9-15(34)10-30)6-7-31-22(25)37/h4-5,13-19H,6-9,11-12H2,1-3H3,(H,31,37)(H,32,38). The quantitative estimate of drug-likeness (QED) is 0.529. The molecule has 2 aliphatic carbocycles. The number of carbonyl (C=O) groups is 4. The van der Waals surface area contributed by atoms with Crippen molar-refractivity contribution in [2.75, 3.05) is 19.6 Å². The van der Waals surface area contributed by atoms with Gasteiger partial charge >= 0.3 is 12.1 Å². The van der Waals surface area contributed by atoms with Gasteiger partial charge in [0, 0.05) is 19.6 Å². The maximum absolute atomic E-state index is 14.2. The number of rotatable bonds is 3. The molecule has 1 saturated carbocycles. The number of allylic oxidation sites excluding steroid dienone is 2. The molecule has 8 atom stereocenters. The van der Waals surface area contributed by atoms with Crippen LogP contribution >= 0.6 is 0 Å². The summed E-state index contributed by atoms with van der Waals surface area (Å²) in [6, 6.07) is -1.21. The van der Waals surface area contributed by atoms with E-state index in [1.807, 2.05) is 11.4 Å². The number of nitriles is 1. The lowest BCUT2D eigenvalue weighted by Gasteiger charge is -2.38. The average molecular weight is 536 g/mol. The molecule has 0 aromatic heterocycles. The summed E-state index contributed by atoms with van der Waals surface area (Å²) in [6.07, 6.45) is 0.465. The third kappa shape index (κ3) is 4.05. The number of halogens is 3. The maximum Gasteiger partial charge on any atom is 0.471 e. The molecule has 5 rings (SSSR count). The van der Waals surface area contributed by atoms with Gasteiger partial charge < -0.3 is 20.4 Å². The summed E-state index contributed by atoms with van der Waals surface area (Å²) >= 11 is 0. The Hall–Kier alpha value is -3.10. The third-order valence-corrected chi connectivity index (χ3v) is 9.21. The van der Waals surface area contributed by atoms with E-state index < -0.39 is 52.9 Å². The van der Waals surface area contributed by atoms with Gasteiger partial charge in [-0.15, -0.1) is 0 Å². The number of alkyl halides is 3. The molecule has 206 valence electrons. The van der Waals surface area contributed by atoms with Crippen LogP contribution in [0.5, 0.6) is 0 Å². The Balaban J connectivity index is 1.48. The summed E-state index contributed by atoms with van der Waals surface area (Å²) in [5.41, 5.74) is -1.93. The summed E-state index contributed by atoms with van der Waals surface area (Å²) in [6.45, 7) is 5.36. The van der Waals surface area contributed by atoms with E-state index in [9.17, 15) is 37.6 Å². The van der Waals surface area contributed by atoms with E-state index in [2.05, 4.69) is 17.5 Å². The largest absolute Gasteiger partial charge is 0.471 e. The van der Waals surface area contributed by atoms with Crippen molar-refractivity contribution in [3.8, 4) is 6.07 Å². The summed E-state index contributed by atoms with van der Waals surface area (Å²) in [5, 5.41) is 14.5. The van der Waals surface area contributed by atoms with Crippen LogP contribution in [0.2, 0.25) is 0 Å². The second-order valence-electron chi connectivity index (χ2n) is 12.5. The van der Waals surface area contributed by atoms with Gasteiger partial charge in [-0.1, -0.05) is 32.9 Å². The predicted molar refractivity (Wildman–Crippen MR) is 126 cm³/mol. The molecule has 38 heavy (non-hydrogen) atoms. The monoisotopic (exact) mass is 535 g/mol. The Labute approximate surface area is 218 Å². The molecule has 3 saturated heterocycles. The van der Waals surface area contributed by atoms with Crippen LogP contribution in [0.3, 0.4) is 0 Å². The second kappa shape index (κ2) is 8.71. The van der Waals surface area contributed by atoms with Crippen LogP contribution in [0.1, 0.15) is 40.0 Å². The molecule has 0 aromatic carbocycles. The molecule has 4 amide bonds. The first-order valence-electron chi connectivity index (χ1n) is 13.0. The highest BCUT2D eigenvalue weighted by Gasteiger charge is 2.62. The first-order chi connectivity index (χ1) is 17.7. The molecule has 4 fully saturated rings. The van der Waals surface area contributed by atoms with Gasteiger partial charge in [-0.3, -0.25) is 19.2 Å². The van der Waals surface area contributed by atoms with Crippen LogP contribution in [-0.2, 0) is 19.2 Å². The van der Waals surface area contributed by atoms with E-state index >= 15 is 0 Å². The van der Waals surface area contributed by atoms with Gasteiger partial charge in [-0.05, 0) is 48.3 Å². The Kier molecular flexibility index (Phi) is 6.08. The molecule has 1 spiro atoms. The minimum Gasteiger partial charge on any atom is -0.356 e. The van der Waals surface area contributed by atoms with E-state index in [0.717, 1.165) is 6.42 Å². The van der Waals surface area contributed by atoms with Crippen molar-refractivity contribution < 1.29 is 32.3 Å². The highest BCUT2D eigenvalue weighted by molar-refractivity contribution is 5.95. The summed E-state index contributed by atoms with van der Waals surface area (Å²) < 4.78 is 39.4. The van der Waals surface area contributed by atoms with E-state index in [4.69, 9.17) is 0 Å². The van der Waals surface area contributed by atoms with Gasteiger partial charge in [0.05, 0.1) is 11.5 Å². The zero-order valence-corrected chi connectivity index (χ0v) is 21.5. The minimum atomic E-state index is -5.17. The normalized spacial score (nSPS) is 36.4. The van der Waals surface area contributed by atoms with Gasteiger partial charge in [0.2, 0.25) is 17.7 Å². The molecule has 2 N–H and O–H groups in total. The van der Waals surface area contributed by atoms with Gasteiger partial charge in [0.1, 0.15) is 18.1 Å². The number of nitrogens with one attached hydrogen (secondary N) is 2. The van der Waals surface area contributed by atoms with E-state index in [1.54, 1.807) is 20.8 Å². The molecule has 2 bridgehead atoms. The zero-order chi connectivity index (χ0) is 27.8. The molecule has 5 aliphatic rings. The first kappa shape index (κ1) is 26.5. The fraction of sp³-hybridized carbons (Fsp3) is 0.731. The molecule has 8 unspecified atom stereocenters. The molecular formula is C26H32F3N5O4. The van der Waals surface area contributed by atoms with Gasteiger partial charge in [0.25, 0.3) is 0 Å². The lowest BCUT2D eigenvalue weighted by atomic mass is 9.81. The van der Waals surface area contributed by atoms with Crippen LogP contribution in [0, 0.1) is 45.8 Å². The zero-order valence-electron chi connectivity index (χ0n) is 21.5. The van der Waals surface area contributed by atoms with E-state index in [0.29, 0.717) is 13.0 Å². The molecule has 12 heteroatoms. The Morgan fingerprint density at radius 2 is 1.87 bits per heavy atom. The number of amides is 4. The smallest absolute Gasteiger partial charge is 0.356 e.